The molecule has 2 heterocycles. The second-order valence-corrected chi connectivity index (χ2v) is 8.03. The zero-order chi connectivity index (χ0) is 14.3. The van der Waals surface area contributed by atoms with E-state index in [0.29, 0.717) is 11.7 Å². The predicted molar refractivity (Wildman–Crippen MR) is 81.1 cm³/mol. The van der Waals surface area contributed by atoms with E-state index in [1.165, 1.54) is 0 Å². The van der Waals surface area contributed by atoms with Gasteiger partial charge in [0.1, 0.15) is 6.04 Å². The first kappa shape index (κ1) is 14.4. The Morgan fingerprint density at radius 1 is 1.25 bits per heavy atom. The Hall–Kier alpha value is -0.560. The van der Waals surface area contributed by atoms with Crippen molar-refractivity contribution in [1.82, 2.24) is 9.80 Å². The molecule has 2 aliphatic heterocycles. The van der Waals surface area contributed by atoms with Crippen LogP contribution in [-0.4, -0.2) is 68.7 Å². The summed E-state index contributed by atoms with van der Waals surface area (Å²) in [4.78, 5) is 27.6. The molecule has 3 fully saturated rings. The summed E-state index contributed by atoms with van der Waals surface area (Å²) in [5, 5.41) is 9.44. The molecule has 1 saturated carbocycles. The SMILES string of the molecule is CN(C(=O)N1C(C(=O)O)CSC1C1CC1)C1CCSC1. The highest BCUT2D eigenvalue weighted by molar-refractivity contribution is 8.00. The van der Waals surface area contributed by atoms with E-state index in [2.05, 4.69) is 0 Å². The molecule has 1 N–H and O–H groups in total. The van der Waals surface area contributed by atoms with Crippen molar-refractivity contribution in [2.45, 2.75) is 36.7 Å². The lowest BCUT2D eigenvalue weighted by atomic mass is 10.2. The Bertz CT molecular complexity index is 410. The van der Waals surface area contributed by atoms with Crippen LogP contribution in [-0.2, 0) is 4.79 Å². The number of nitrogens with zero attached hydrogens (tertiary/aromatic N) is 2. The summed E-state index contributed by atoms with van der Waals surface area (Å²) in [6, 6.07) is -0.492. The fourth-order valence-corrected chi connectivity index (χ4v) is 5.76. The molecule has 112 valence electrons. The van der Waals surface area contributed by atoms with Crippen LogP contribution < -0.4 is 0 Å². The van der Waals surface area contributed by atoms with Crippen molar-refractivity contribution in [2.75, 3.05) is 24.3 Å². The van der Waals surface area contributed by atoms with Gasteiger partial charge < -0.3 is 10.0 Å². The Kier molecular flexibility index (Phi) is 4.08. The van der Waals surface area contributed by atoms with E-state index in [4.69, 9.17) is 0 Å². The Morgan fingerprint density at radius 2 is 2.00 bits per heavy atom. The third-order valence-corrected chi connectivity index (χ3v) is 6.93. The molecule has 0 aromatic carbocycles. The standard InChI is InChI=1S/C13H20N2O3S2/c1-14(9-4-5-19-6-9)13(18)15-10(12(16)17)7-20-11(15)8-2-3-8/h8-11H,2-7H2,1H3,(H,16,17). The van der Waals surface area contributed by atoms with Crippen LogP contribution in [0.15, 0.2) is 0 Å². The number of carbonyl (C=O) groups excluding carboxylic acids is 1. The summed E-state index contributed by atoms with van der Waals surface area (Å²) in [5.41, 5.74) is 0. The number of hydrogen-bond acceptors (Lipinski definition) is 4. The first-order chi connectivity index (χ1) is 9.59. The first-order valence-corrected chi connectivity index (χ1v) is 9.27. The molecular weight excluding hydrogens is 296 g/mol. The summed E-state index contributed by atoms with van der Waals surface area (Å²) in [7, 11) is 1.82. The highest BCUT2D eigenvalue weighted by Gasteiger charge is 2.49. The van der Waals surface area contributed by atoms with Crippen LogP contribution in [0, 0.1) is 5.92 Å². The molecule has 2 amide bonds. The second-order valence-electron chi connectivity index (χ2n) is 5.73. The highest BCUT2D eigenvalue weighted by atomic mass is 32.2. The van der Waals surface area contributed by atoms with Gasteiger partial charge in [0.25, 0.3) is 0 Å². The maximum absolute atomic E-state index is 12.8. The number of aliphatic carboxylic acids is 1. The van der Waals surface area contributed by atoms with E-state index in [1.54, 1.807) is 21.6 Å². The van der Waals surface area contributed by atoms with Crippen molar-refractivity contribution in [2.24, 2.45) is 5.92 Å². The quantitative estimate of drug-likeness (QED) is 0.860. The molecule has 5 nitrogen and oxygen atoms in total. The fraction of sp³-hybridized carbons (Fsp3) is 0.846. The number of hydrogen-bond donors (Lipinski definition) is 1. The zero-order valence-corrected chi connectivity index (χ0v) is 13.2. The van der Waals surface area contributed by atoms with Gasteiger partial charge in [-0.3, -0.25) is 4.90 Å². The van der Waals surface area contributed by atoms with E-state index in [1.807, 2.05) is 18.8 Å². The number of urea groups is 1. The highest BCUT2D eigenvalue weighted by Crippen LogP contribution is 2.46. The Labute approximate surface area is 127 Å². The third kappa shape index (κ3) is 2.62. The van der Waals surface area contributed by atoms with E-state index in [9.17, 15) is 14.7 Å². The van der Waals surface area contributed by atoms with Gasteiger partial charge in [0.15, 0.2) is 0 Å². The minimum atomic E-state index is -0.872. The van der Waals surface area contributed by atoms with Crippen molar-refractivity contribution in [3.63, 3.8) is 0 Å². The third-order valence-electron chi connectivity index (χ3n) is 4.32. The molecule has 0 spiro atoms. The van der Waals surface area contributed by atoms with Crippen LogP contribution in [0.5, 0.6) is 0 Å². The molecule has 3 aliphatic rings. The molecule has 0 radical (unpaired) electrons. The van der Waals surface area contributed by atoms with Gasteiger partial charge in [-0.25, -0.2) is 9.59 Å². The van der Waals surface area contributed by atoms with Crippen LogP contribution in [0.4, 0.5) is 4.79 Å². The number of carbonyl (C=O) groups is 2. The number of amides is 2. The minimum absolute atomic E-state index is 0.0695. The molecule has 3 unspecified atom stereocenters. The lowest BCUT2D eigenvalue weighted by molar-refractivity contribution is -0.141. The summed E-state index contributed by atoms with van der Waals surface area (Å²) >= 11 is 3.50. The van der Waals surface area contributed by atoms with Crippen molar-refractivity contribution < 1.29 is 14.7 Å². The van der Waals surface area contributed by atoms with Gasteiger partial charge in [0, 0.05) is 24.6 Å². The van der Waals surface area contributed by atoms with Gasteiger partial charge in [-0.15, -0.1) is 11.8 Å². The largest absolute Gasteiger partial charge is 0.480 e. The molecule has 3 rings (SSSR count). The van der Waals surface area contributed by atoms with E-state index in [0.717, 1.165) is 30.8 Å². The van der Waals surface area contributed by atoms with Gasteiger partial charge in [-0.05, 0) is 30.9 Å². The van der Waals surface area contributed by atoms with Crippen molar-refractivity contribution in [3.8, 4) is 0 Å². The van der Waals surface area contributed by atoms with Crippen LogP contribution in [0.25, 0.3) is 0 Å². The number of carboxylic acids is 1. The molecule has 0 aromatic rings. The molecule has 20 heavy (non-hydrogen) atoms. The molecular formula is C13H20N2O3S2. The van der Waals surface area contributed by atoms with E-state index < -0.39 is 12.0 Å². The van der Waals surface area contributed by atoms with Gasteiger partial charge >= 0.3 is 12.0 Å². The topological polar surface area (TPSA) is 60.9 Å². The van der Waals surface area contributed by atoms with Crippen LogP contribution in [0.3, 0.4) is 0 Å². The maximum atomic E-state index is 12.8. The van der Waals surface area contributed by atoms with Crippen LogP contribution >= 0.6 is 23.5 Å². The molecule has 0 aromatic heterocycles. The summed E-state index contributed by atoms with van der Waals surface area (Å²) < 4.78 is 0. The summed E-state index contributed by atoms with van der Waals surface area (Å²) in [5.74, 6) is 2.21. The maximum Gasteiger partial charge on any atom is 0.327 e. The Morgan fingerprint density at radius 3 is 2.55 bits per heavy atom. The smallest absolute Gasteiger partial charge is 0.327 e. The van der Waals surface area contributed by atoms with E-state index in [-0.39, 0.29) is 17.4 Å². The lowest BCUT2D eigenvalue weighted by Gasteiger charge is -2.34. The Balaban J connectivity index is 1.75. The first-order valence-electron chi connectivity index (χ1n) is 7.07. The lowest BCUT2D eigenvalue weighted by Crippen LogP contribution is -2.53. The van der Waals surface area contributed by atoms with Gasteiger partial charge in [-0.1, -0.05) is 0 Å². The summed E-state index contributed by atoms with van der Waals surface area (Å²) in [6.45, 7) is 0. The van der Waals surface area contributed by atoms with Gasteiger partial charge in [0.05, 0.1) is 5.37 Å². The second kappa shape index (κ2) is 5.67. The summed E-state index contributed by atoms with van der Waals surface area (Å²) in [6.07, 6.45) is 3.26. The van der Waals surface area contributed by atoms with Crippen LogP contribution in [0.2, 0.25) is 0 Å². The zero-order valence-electron chi connectivity index (χ0n) is 11.5. The van der Waals surface area contributed by atoms with Crippen molar-refractivity contribution in [3.05, 3.63) is 0 Å². The average molecular weight is 316 g/mol. The number of thioether (sulfide) groups is 2. The fourth-order valence-electron chi connectivity index (χ4n) is 2.87. The molecule has 7 heteroatoms. The van der Waals surface area contributed by atoms with Crippen molar-refractivity contribution >= 4 is 35.5 Å². The normalized spacial score (nSPS) is 33.5. The van der Waals surface area contributed by atoms with E-state index >= 15 is 0 Å². The van der Waals surface area contributed by atoms with Gasteiger partial charge in [0.2, 0.25) is 0 Å². The predicted octanol–water partition coefficient (Wildman–Crippen LogP) is 1.78. The van der Waals surface area contributed by atoms with Crippen LogP contribution in [0.1, 0.15) is 19.3 Å². The molecule has 2 saturated heterocycles. The molecule has 0 bridgehead atoms. The minimum Gasteiger partial charge on any atom is -0.480 e. The number of rotatable bonds is 3. The molecule has 1 aliphatic carbocycles. The molecule has 3 atom stereocenters. The average Bonchev–Trinajstić information content (AvgIpc) is 2.96. The van der Waals surface area contributed by atoms with Gasteiger partial charge in [-0.2, -0.15) is 11.8 Å². The number of carboxylic acid groups (broad SMARTS) is 1. The monoisotopic (exact) mass is 316 g/mol. The van der Waals surface area contributed by atoms with Crippen molar-refractivity contribution in [1.29, 1.82) is 0 Å².